The van der Waals surface area contributed by atoms with Crippen LogP contribution in [0.1, 0.15) is 12.5 Å². The zero-order valence-corrected chi connectivity index (χ0v) is 10.1. The quantitative estimate of drug-likeness (QED) is 0.748. The van der Waals surface area contributed by atoms with Crippen LogP contribution in [-0.4, -0.2) is 20.3 Å². The molecule has 0 aromatic heterocycles. The Kier molecular flexibility index (Phi) is 4.86. The first kappa shape index (κ1) is 12.6. The van der Waals surface area contributed by atoms with Crippen molar-refractivity contribution in [2.75, 3.05) is 14.2 Å². The maximum Gasteiger partial charge on any atom is 0.162 e. The van der Waals surface area contributed by atoms with Gasteiger partial charge in [0.05, 0.1) is 7.11 Å². The summed E-state index contributed by atoms with van der Waals surface area (Å²) < 4.78 is 10.9. The van der Waals surface area contributed by atoms with Crippen LogP contribution in [0.4, 0.5) is 0 Å². The summed E-state index contributed by atoms with van der Waals surface area (Å²) in [7, 11) is 3.56. The van der Waals surface area contributed by atoms with Crippen molar-refractivity contribution in [3.63, 3.8) is 0 Å². The molecule has 0 radical (unpaired) electrons. The first-order valence-electron chi connectivity index (χ1n) is 5.32. The number of hydrogen-bond donors (Lipinski definition) is 1. The molecule has 1 N–H and O–H groups in total. The molecule has 3 heteroatoms. The van der Waals surface area contributed by atoms with Gasteiger partial charge in [0.2, 0.25) is 0 Å². The lowest BCUT2D eigenvalue weighted by Gasteiger charge is -2.14. The summed E-state index contributed by atoms with van der Waals surface area (Å²) in [6.07, 6.45) is 1.73. The van der Waals surface area contributed by atoms with Crippen molar-refractivity contribution in [2.45, 2.75) is 19.6 Å². The van der Waals surface area contributed by atoms with Crippen LogP contribution in [-0.2, 0) is 6.54 Å². The van der Waals surface area contributed by atoms with Crippen LogP contribution in [0.5, 0.6) is 11.5 Å². The highest BCUT2D eigenvalue weighted by Gasteiger charge is 2.07. The molecule has 3 nitrogen and oxygen atoms in total. The Bertz CT molecular complexity index is 350. The molecule has 1 rings (SSSR count). The molecule has 0 saturated carbocycles. The second-order valence-corrected chi connectivity index (χ2v) is 3.57. The zero-order valence-electron chi connectivity index (χ0n) is 10.1. The molecular formula is C13H19NO2. The van der Waals surface area contributed by atoms with Gasteiger partial charge < -0.3 is 14.8 Å². The molecule has 0 saturated heterocycles. The minimum Gasteiger partial charge on any atom is -0.493 e. The fraction of sp³-hybridized carbons (Fsp3) is 0.385. The number of nitrogens with one attached hydrogen (secondary N) is 1. The van der Waals surface area contributed by atoms with E-state index in [1.807, 2.05) is 32.2 Å². The number of benzene rings is 1. The second-order valence-electron chi connectivity index (χ2n) is 3.57. The first-order valence-corrected chi connectivity index (χ1v) is 5.32. The van der Waals surface area contributed by atoms with Crippen LogP contribution in [0.3, 0.4) is 0 Å². The van der Waals surface area contributed by atoms with E-state index in [9.17, 15) is 0 Å². The van der Waals surface area contributed by atoms with E-state index >= 15 is 0 Å². The van der Waals surface area contributed by atoms with E-state index in [2.05, 4.69) is 11.9 Å². The van der Waals surface area contributed by atoms with Gasteiger partial charge in [-0.05, 0) is 31.7 Å². The molecule has 0 heterocycles. The summed E-state index contributed by atoms with van der Waals surface area (Å²) in [6, 6.07) is 5.91. The lowest BCUT2D eigenvalue weighted by Crippen LogP contribution is -2.09. The average molecular weight is 221 g/mol. The highest BCUT2D eigenvalue weighted by atomic mass is 16.5. The van der Waals surface area contributed by atoms with E-state index in [0.29, 0.717) is 0 Å². The van der Waals surface area contributed by atoms with Crippen LogP contribution < -0.4 is 14.8 Å². The lowest BCUT2D eigenvalue weighted by molar-refractivity contribution is 0.254. The Morgan fingerprint density at radius 1 is 1.44 bits per heavy atom. The van der Waals surface area contributed by atoms with Crippen LogP contribution >= 0.6 is 0 Å². The van der Waals surface area contributed by atoms with Crippen LogP contribution in [0.15, 0.2) is 30.9 Å². The van der Waals surface area contributed by atoms with Crippen LogP contribution in [0, 0.1) is 0 Å². The lowest BCUT2D eigenvalue weighted by atomic mass is 10.2. The molecule has 1 aromatic carbocycles. The smallest absolute Gasteiger partial charge is 0.162 e. The fourth-order valence-corrected chi connectivity index (χ4v) is 1.37. The number of methoxy groups -OCH3 is 1. The first-order chi connectivity index (χ1) is 7.71. The van der Waals surface area contributed by atoms with Crippen LogP contribution in [0.25, 0.3) is 0 Å². The highest BCUT2D eigenvalue weighted by molar-refractivity contribution is 5.43. The van der Waals surface area contributed by atoms with Gasteiger partial charge in [-0.25, -0.2) is 0 Å². The summed E-state index contributed by atoms with van der Waals surface area (Å²) in [5, 5.41) is 3.09. The Hall–Kier alpha value is -1.48. The molecule has 1 aromatic rings. The number of rotatable bonds is 6. The van der Waals surface area contributed by atoms with E-state index in [1.54, 1.807) is 13.2 Å². The SMILES string of the molecule is C=CC(C)Oc1ccc(CNC)cc1OC. The molecule has 0 spiro atoms. The van der Waals surface area contributed by atoms with Gasteiger partial charge in [0.1, 0.15) is 6.10 Å². The number of hydrogen-bond acceptors (Lipinski definition) is 3. The maximum absolute atomic E-state index is 5.66. The summed E-state index contributed by atoms with van der Waals surface area (Å²) in [5.74, 6) is 1.50. The number of ether oxygens (including phenoxy) is 2. The van der Waals surface area contributed by atoms with Gasteiger partial charge in [0, 0.05) is 6.54 Å². The van der Waals surface area contributed by atoms with Crippen molar-refractivity contribution in [3.8, 4) is 11.5 Å². The van der Waals surface area contributed by atoms with Crippen molar-refractivity contribution in [2.24, 2.45) is 0 Å². The van der Waals surface area contributed by atoms with E-state index in [0.717, 1.165) is 23.6 Å². The van der Waals surface area contributed by atoms with Gasteiger partial charge in [-0.1, -0.05) is 18.7 Å². The van der Waals surface area contributed by atoms with Crippen molar-refractivity contribution in [1.29, 1.82) is 0 Å². The predicted octanol–water partition coefficient (Wildman–Crippen LogP) is 2.37. The molecule has 0 aliphatic rings. The Morgan fingerprint density at radius 2 is 2.19 bits per heavy atom. The predicted molar refractivity (Wildman–Crippen MR) is 66.0 cm³/mol. The summed E-state index contributed by atoms with van der Waals surface area (Å²) in [4.78, 5) is 0. The Labute approximate surface area is 97.1 Å². The molecule has 0 aliphatic carbocycles. The Balaban J connectivity index is 2.88. The van der Waals surface area contributed by atoms with Crippen molar-refractivity contribution in [3.05, 3.63) is 36.4 Å². The van der Waals surface area contributed by atoms with Crippen molar-refractivity contribution in [1.82, 2.24) is 5.32 Å². The van der Waals surface area contributed by atoms with E-state index in [4.69, 9.17) is 9.47 Å². The summed E-state index contributed by atoms with van der Waals surface area (Å²) in [5.41, 5.74) is 1.16. The van der Waals surface area contributed by atoms with Crippen LogP contribution in [0.2, 0.25) is 0 Å². The Morgan fingerprint density at radius 3 is 2.75 bits per heavy atom. The van der Waals surface area contributed by atoms with Crippen molar-refractivity contribution >= 4 is 0 Å². The van der Waals surface area contributed by atoms with E-state index in [-0.39, 0.29) is 6.10 Å². The standard InChI is InChI=1S/C13H19NO2/c1-5-10(2)16-12-7-6-11(9-14-3)8-13(12)15-4/h5-8,10,14H,1,9H2,2-4H3. The largest absolute Gasteiger partial charge is 0.493 e. The van der Waals surface area contributed by atoms with Gasteiger partial charge >= 0.3 is 0 Å². The molecule has 0 aliphatic heterocycles. The molecular weight excluding hydrogens is 202 g/mol. The second kappa shape index (κ2) is 6.18. The third-order valence-electron chi connectivity index (χ3n) is 2.25. The highest BCUT2D eigenvalue weighted by Crippen LogP contribution is 2.28. The molecule has 16 heavy (non-hydrogen) atoms. The van der Waals surface area contributed by atoms with Crippen molar-refractivity contribution < 1.29 is 9.47 Å². The normalized spacial score (nSPS) is 11.9. The summed E-state index contributed by atoms with van der Waals surface area (Å²) in [6.45, 7) is 6.44. The third kappa shape index (κ3) is 3.28. The third-order valence-corrected chi connectivity index (χ3v) is 2.25. The van der Waals surface area contributed by atoms with Gasteiger partial charge in [-0.3, -0.25) is 0 Å². The summed E-state index contributed by atoms with van der Waals surface area (Å²) >= 11 is 0. The monoisotopic (exact) mass is 221 g/mol. The fourth-order valence-electron chi connectivity index (χ4n) is 1.37. The molecule has 0 amide bonds. The molecule has 0 bridgehead atoms. The van der Waals surface area contributed by atoms with E-state index in [1.165, 1.54) is 0 Å². The zero-order chi connectivity index (χ0) is 12.0. The molecule has 0 fully saturated rings. The average Bonchev–Trinajstić information content (AvgIpc) is 2.31. The van der Waals surface area contributed by atoms with Gasteiger partial charge in [0.15, 0.2) is 11.5 Å². The van der Waals surface area contributed by atoms with Gasteiger partial charge in [0.25, 0.3) is 0 Å². The molecule has 88 valence electrons. The molecule has 1 unspecified atom stereocenters. The van der Waals surface area contributed by atoms with Gasteiger partial charge in [-0.2, -0.15) is 0 Å². The van der Waals surface area contributed by atoms with E-state index < -0.39 is 0 Å². The molecule has 1 atom stereocenters. The van der Waals surface area contributed by atoms with Gasteiger partial charge in [-0.15, -0.1) is 0 Å². The minimum atomic E-state index is -0.0240. The maximum atomic E-state index is 5.66. The topological polar surface area (TPSA) is 30.5 Å². The minimum absolute atomic E-state index is 0.0240.